The van der Waals surface area contributed by atoms with Crippen molar-refractivity contribution in [3.63, 3.8) is 0 Å². The molecule has 0 unspecified atom stereocenters. The number of aryl methyl sites for hydroxylation is 1. The number of nitrogens with zero attached hydrogens (tertiary/aromatic N) is 2. The molecule has 5 nitrogen and oxygen atoms in total. The van der Waals surface area contributed by atoms with E-state index in [1.807, 2.05) is 28.8 Å². The molecule has 0 amide bonds. The van der Waals surface area contributed by atoms with Crippen LogP contribution >= 0.6 is 23.1 Å². The first-order chi connectivity index (χ1) is 18.1. The van der Waals surface area contributed by atoms with Crippen molar-refractivity contribution in [2.75, 3.05) is 20.5 Å². The van der Waals surface area contributed by atoms with Gasteiger partial charge in [-0.15, -0.1) is 11.8 Å². The molecule has 6 rings (SSSR count). The van der Waals surface area contributed by atoms with Crippen LogP contribution in [0.4, 0.5) is 0 Å². The van der Waals surface area contributed by atoms with Crippen LogP contribution in [0.25, 0.3) is 11.8 Å². The SMILES string of the molecule is COc1ccc([C@H]2C3=C(N=c4s/c(=C\c5ccc(SC)cc5)c(=O)n42)c2ccccc2CC3)cc1OC. The van der Waals surface area contributed by atoms with E-state index in [0.717, 1.165) is 40.8 Å². The first kappa shape index (κ1) is 23.8. The van der Waals surface area contributed by atoms with Crippen molar-refractivity contribution in [2.24, 2.45) is 4.99 Å². The van der Waals surface area contributed by atoms with Crippen LogP contribution in [0.1, 0.15) is 34.7 Å². The molecule has 1 aliphatic heterocycles. The number of aromatic nitrogens is 1. The number of thioether (sulfide) groups is 1. The van der Waals surface area contributed by atoms with Gasteiger partial charge in [-0.05, 0) is 71.7 Å². The average Bonchev–Trinajstić information content (AvgIpc) is 3.26. The Kier molecular flexibility index (Phi) is 6.26. The maximum atomic E-state index is 13.9. The summed E-state index contributed by atoms with van der Waals surface area (Å²) in [6.45, 7) is 0. The Morgan fingerprint density at radius 3 is 2.54 bits per heavy atom. The van der Waals surface area contributed by atoms with Crippen molar-refractivity contribution in [3.05, 3.63) is 114 Å². The summed E-state index contributed by atoms with van der Waals surface area (Å²) in [5.74, 6) is 1.31. The fourth-order valence-corrected chi connectivity index (χ4v) is 6.61. The Morgan fingerprint density at radius 1 is 1.00 bits per heavy atom. The first-order valence-corrected chi connectivity index (χ1v) is 14.1. The number of benzene rings is 3. The number of fused-ring (bicyclic) bond motifs is 3. The average molecular weight is 527 g/mol. The lowest BCUT2D eigenvalue weighted by Crippen LogP contribution is -2.38. The molecule has 0 fully saturated rings. The maximum absolute atomic E-state index is 13.9. The Morgan fingerprint density at radius 2 is 1.78 bits per heavy atom. The largest absolute Gasteiger partial charge is 0.493 e. The number of thiazole rings is 1. The fraction of sp³-hybridized carbons (Fsp3) is 0.200. The molecule has 4 aromatic rings. The van der Waals surface area contributed by atoms with Crippen molar-refractivity contribution in [3.8, 4) is 11.5 Å². The third kappa shape index (κ3) is 4.12. The minimum atomic E-state index is -0.263. The fourth-order valence-electron chi connectivity index (χ4n) is 5.20. The number of ether oxygens (including phenoxy) is 2. The zero-order valence-corrected chi connectivity index (χ0v) is 22.5. The van der Waals surface area contributed by atoms with E-state index >= 15 is 0 Å². The van der Waals surface area contributed by atoms with E-state index in [9.17, 15) is 4.79 Å². The van der Waals surface area contributed by atoms with Crippen LogP contribution in [0.15, 0.2) is 87.0 Å². The summed E-state index contributed by atoms with van der Waals surface area (Å²) < 4.78 is 13.6. The lowest BCUT2D eigenvalue weighted by Gasteiger charge is -2.31. The molecule has 1 aromatic heterocycles. The number of allylic oxidation sites excluding steroid dienone is 1. The van der Waals surface area contributed by atoms with E-state index in [4.69, 9.17) is 14.5 Å². The van der Waals surface area contributed by atoms with Crippen LogP contribution in [0.3, 0.4) is 0 Å². The molecule has 1 aliphatic carbocycles. The van der Waals surface area contributed by atoms with Gasteiger partial charge in [0, 0.05) is 10.5 Å². The van der Waals surface area contributed by atoms with Crippen LogP contribution in [-0.4, -0.2) is 25.0 Å². The maximum Gasteiger partial charge on any atom is 0.271 e. The lowest BCUT2D eigenvalue weighted by molar-refractivity contribution is 0.354. The highest BCUT2D eigenvalue weighted by atomic mass is 32.2. The van der Waals surface area contributed by atoms with Gasteiger partial charge < -0.3 is 9.47 Å². The summed E-state index contributed by atoms with van der Waals surface area (Å²) in [5, 5.41) is 0. The highest BCUT2D eigenvalue weighted by Crippen LogP contribution is 2.42. The zero-order valence-electron chi connectivity index (χ0n) is 20.9. The van der Waals surface area contributed by atoms with Crippen molar-refractivity contribution in [2.45, 2.75) is 23.8 Å². The number of rotatable bonds is 5. The molecule has 3 aromatic carbocycles. The Hall–Kier alpha value is -3.55. The van der Waals surface area contributed by atoms with E-state index < -0.39 is 0 Å². The van der Waals surface area contributed by atoms with Crippen molar-refractivity contribution in [1.29, 1.82) is 0 Å². The number of methoxy groups -OCH3 is 2. The van der Waals surface area contributed by atoms with Gasteiger partial charge in [-0.2, -0.15) is 0 Å². The topological polar surface area (TPSA) is 52.8 Å². The van der Waals surface area contributed by atoms with Crippen LogP contribution < -0.4 is 24.4 Å². The number of hydrogen-bond donors (Lipinski definition) is 0. The van der Waals surface area contributed by atoms with Gasteiger partial charge in [-0.3, -0.25) is 9.36 Å². The summed E-state index contributed by atoms with van der Waals surface area (Å²) in [5.41, 5.74) is 6.55. The molecule has 186 valence electrons. The van der Waals surface area contributed by atoms with Crippen LogP contribution in [0, 0.1) is 0 Å². The molecular formula is C30H26N2O3S2. The highest BCUT2D eigenvalue weighted by molar-refractivity contribution is 7.98. The smallest absolute Gasteiger partial charge is 0.271 e. The van der Waals surface area contributed by atoms with E-state index in [-0.39, 0.29) is 11.6 Å². The van der Waals surface area contributed by atoms with Gasteiger partial charge in [-0.25, -0.2) is 4.99 Å². The standard InChI is InChI=1S/C30H26N2O3S2/c1-34-24-15-11-20(17-25(24)35-2)28-23-14-10-19-6-4-5-7-22(19)27(23)31-30-32(28)29(33)26(37-30)16-18-8-12-21(36-3)13-9-18/h4-9,11-13,15-17,28H,10,14H2,1-3H3/b26-16-/t28-/m0/s1. The predicted octanol–water partition coefficient (Wildman–Crippen LogP) is 5.06. The molecule has 0 saturated carbocycles. The summed E-state index contributed by atoms with van der Waals surface area (Å²) in [6, 6.07) is 22.4. The van der Waals surface area contributed by atoms with E-state index in [2.05, 4.69) is 54.8 Å². The van der Waals surface area contributed by atoms with Gasteiger partial charge in [-0.1, -0.05) is 53.8 Å². The summed E-state index contributed by atoms with van der Waals surface area (Å²) in [6.07, 6.45) is 5.78. The van der Waals surface area contributed by atoms with Gasteiger partial charge in [0.15, 0.2) is 16.3 Å². The van der Waals surface area contributed by atoms with Crippen molar-refractivity contribution in [1.82, 2.24) is 4.57 Å². The molecular weight excluding hydrogens is 500 g/mol. The summed E-state index contributed by atoms with van der Waals surface area (Å²) >= 11 is 3.15. The molecule has 7 heteroatoms. The Bertz CT molecular complexity index is 1710. The molecule has 37 heavy (non-hydrogen) atoms. The van der Waals surface area contributed by atoms with Gasteiger partial charge in [0.2, 0.25) is 0 Å². The molecule has 0 radical (unpaired) electrons. The molecule has 0 saturated heterocycles. The van der Waals surface area contributed by atoms with Crippen LogP contribution in [0.5, 0.6) is 11.5 Å². The van der Waals surface area contributed by atoms with Gasteiger partial charge >= 0.3 is 0 Å². The van der Waals surface area contributed by atoms with Crippen molar-refractivity contribution < 1.29 is 9.47 Å². The summed E-state index contributed by atoms with van der Waals surface area (Å²) in [7, 11) is 3.27. The zero-order chi connectivity index (χ0) is 25.5. The van der Waals surface area contributed by atoms with E-state index in [0.29, 0.717) is 20.8 Å². The second-order valence-electron chi connectivity index (χ2n) is 9.00. The second kappa shape index (κ2) is 9.72. The van der Waals surface area contributed by atoms with E-state index in [1.54, 1.807) is 26.0 Å². The van der Waals surface area contributed by atoms with Crippen molar-refractivity contribution >= 4 is 34.9 Å². The molecule has 0 spiro atoms. The van der Waals surface area contributed by atoms with E-state index in [1.165, 1.54) is 21.8 Å². The predicted molar refractivity (Wildman–Crippen MR) is 151 cm³/mol. The minimum absolute atomic E-state index is 0.0251. The second-order valence-corrected chi connectivity index (χ2v) is 10.9. The lowest BCUT2D eigenvalue weighted by atomic mass is 9.83. The first-order valence-electron chi connectivity index (χ1n) is 12.1. The normalized spacial score (nSPS) is 16.5. The molecule has 1 atom stereocenters. The van der Waals surface area contributed by atoms with Gasteiger partial charge in [0.1, 0.15) is 0 Å². The molecule has 2 aliphatic rings. The molecule has 2 heterocycles. The number of hydrogen-bond acceptors (Lipinski definition) is 6. The summed E-state index contributed by atoms with van der Waals surface area (Å²) in [4.78, 5) is 20.9. The van der Waals surface area contributed by atoms with Gasteiger partial charge in [0.25, 0.3) is 5.56 Å². The van der Waals surface area contributed by atoms with Gasteiger partial charge in [0.05, 0.1) is 30.5 Å². The Balaban J connectivity index is 1.59. The third-order valence-electron chi connectivity index (χ3n) is 7.01. The quantitative estimate of drug-likeness (QED) is 0.341. The highest BCUT2D eigenvalue weighted by Gasteiger charge is 2.33. The Labute approximate surface area is 223 Å². The van der Waals surface area contributed by atoms with Crippen LogP contribution in [0.2, 0.25) is 0 Å². The third-order valence-corrected chi connectivity index (χ3v) is 8.74. The monoisotopic (exact) mass is 526 g/mol. The molecule has 0 bridgehead atoms. The van der Waals surface area contributed by atoms with Crippen LogP contribution in [-0.2, 0) is 6.42 Å². The molecule has 0 N–H and O–H groups in total. The minimum Gasteiger partial charge on any atom is -0.493 e.